The fraction of sp³-hybridized carbons (Fsp3) is 0.222. The minimum Gasteiger partial charge on any atom is -0.394 e. The first-order chi connectivity index (χ1) is 12.4. The lowest BCUT2D eigenvalue weighted by Gasteiger charge is -2.24. The number of aliphatic hydroxyl groups excluding tert-OH is 1. The van der Waals surface area contributed by atoms with Gasteiger partial charge in [-0.2, -0.15) is 5.10 Å². The SMILES string of the molecule is CC(C)(CO)n1ccc2c(nnc3c(-c4ccc(Cl)cc4)cnn32)c1=O. The third-order valence-electron chi connectivity index (χ3n) is 4.46. The third-order valence-corrected chi connectivity index (χ3v) is 4.71. The molecule has 4 rings (SSSR count). The molecule has 132 valence electrons. The molecule has 26 heavy (non-hydrogen) atoms. The second-order valence-corrected chi connectivity index (χ2v) is 7.13. The van der Waals surface area contributed by atoms with Gasteiger partial charge in [-0.25, -0.2) is 4.52 Å². The van der Waals surface area contributed by atoms with Crippen LogP contribution in [0.1, 0.15) is 13.8 Å². The van der Waals surface area contributed by atoms with Crippen molar-refractivity contribution >= 4 is 28.3 Å². The third kappa shape index (κ3) is 2.48. The Balaban J connectivity index is 1.96. The van der Waals surface area contributed by atoms with Crippen LogP contribution in [-0.2, 0) is 5.54 Å². The maximum atomic E-state index is 12.8. The average Bonchev–Trinajstić information content (AvgIpc) is 3.07. The van der Waals surface area contributed by atoms with Crippen LogP contribution in [0, 0.1) is 0 Å². The fourth-order valence-electron chi connectivity index (χ4n) is 2.88. The highest BCUT2D eigenvalue weighted by Gasteiger charge is 2.22. The van der Waals surface area contributed by atoms with E-state index < -0.39 is 5.54 Å². The molecular formula is C18H16ClN5O2. The summed E-state index contributed by atoms with van der Waals surface area (Å²) in [6.07, 6.45) is 3.33. The average molecular weight is 370 g/mol. The van der Waals surface area contributed by atoms with E-state index in [4.69, 9.17) is 11.6 Å². The molecule has 3 aromatic heterocycles. The van der Waals surface area contributed by atoms with E-state index in [1.54, 1.807) is 49.0 Å². The van der Waals surface area contributed by atoms with Crippen LogP contribution in [0.3, 0.4) is 0 Å². The number of hydrogen-bond donors (Lipinski definition) is 1. The maximum absolute atomic E-state index is 12.8. The van der Waals surface area contributed by atoms with Crippen molar-refractivity contribution in [2.24, 2.45) is 0 Å². The summed E-state index contributed by atoms with van der Waals surface area (Å²) in [5, 5.41) is 22.9. The van der Waals surface area contributed by atoms with Gasteiger partial charge in [-0.3, -0.25) is 4.79 Å². The normalized spacial score (nSPS) is 12.2. The summed E-state index contributed by atoms with van der Waals surface area (Å²) < 4.78 is 3.06. The van der Waals surface area contributed by atoms with Gasteiger partial charge in [0.15, 0.2) is 11.2 Å². The van der Waals surface area contributed by atoms with Gasteiger partial charge < -0.3 is 9.67 Å². The summed E-state index contributed by atoms with van der Waals surface area (Å²) in [5.41, 5.74) is 1.97. The van der Waals surface area contributed by atoms with Crippen molar-refractivity contribution in [2.75, 3.05) is 6.61 Å². The molecule has 0 atom stereocenters. The van der Waals surface area contributed by atoms with E-state index in [1.165, 1.54) is 4.57 Å². The smallest absolute Gasteiger partial charge is 0.281 e. The number of halogens is 1. The Morgan fingerprint density at radius 3 is 2.58 bits per heavy atom. The zero-order valence-electron chi connectivity index (χ0n) is 14.2. The molecule has 1 N–H and O–H groups in total. The van der Waals surface area contributed by atoms with Crippen molar-refractivity contribution in [3.05, 3.63) is 58.1 Å². The van der Waals surface area contributed by atoms with Crippen molar-refractivity contribution in [2.45, 2.75) is 19.4 Å². The first kappa shape index (κ1) is 16.7. The van der Waals surface area contributed by atoms with Crippen LogP contribution in [0.4, 0.5) is 0 Å². The molecule has 3 heterocycles. The van der Waals surface area contributed by atoms with Gasteiger partial charge in [0.2, 0.25) is 0 Å². The lowest BCUT2D eigenvalue weighted by Crippen LogP contribution is -2.39. The Morgan fingerprint density at radius 1 is 1.15 bits per heavy atom. The topological polar surface area (TPSA) is 85.3 Å². The second-order valence-electron chi connectivity index (χ2n) is 6.70. The number of aromatic nitrogens is 5. The summed E-state index contributed by atoms with van der Waals surface area (Å²) in [5.74, 6) is 0. The van der Waals surface area contributed by atoms with E-state index in [9.17, 15) is 9.90 Å². The van der Waals surface area contributed by atoms with Gasteiger partial charge in [-0.1, -0.05) is 23.7 Å². The van der Waals surface area contributed by atoms with Crippen molar-refractivity contribution < 1.29 is 5.11 Å². The molecule has 8 heteroatoms. The lowest BCUT2D eigenvalue weighted by molar-refractivity contribution is 0.161. The van der Waals surface area contributed by atoms with E-state index in [-0.39, 0.29) is 17.7 Å². The molecule has 7 nitrogen and oxygen atoms in total. The van der Waals surface area contributed by atoms with Crippen LogP contribution < -0.4 is 5.56 Å². The van der Waals surface area contributed by atoms with Gasteiger partial charge >= 0.3 is 0 Å². The van der Waals surface area contributed by atoms with E-state index >= 15 is 0 Å². The lowest BCUT2D eigenvalue weighted by atomic mass is 10.1. The Hall–Kier alpha value is -2.77. The number of pyridine rings is 1. The first-order valence-corrected chi connectivity index (χ1v) is 8.43. The quantitative estimate of drug-likeness (QED) is 0.599. The van der Waals surface area contributed by atoms with Crippen molar-refractivity contribution in [1.82, 2.24) is 24.4 Å². The van der Waals surface area contributed by atoms with Crippen molar-refractivity contribution in [3.8, 4) is 11.1 Å². The van der Waals surface area contributed by atoms with Crippen molar-refractivity contribution in [3.63, 3.8) is 0 Å². The minimum absolute atomic E-state index is 0.170. The van der Waals surface area contributed by atoms with Crippen LogP contribution in [0.25, 0.3) is 27.8 Å². The predicted molar refractivity (Wildman–Crippen MR) is 99.4 cm³/mol. The number of benzene rings is 1. The van der Waals surface area contributed by atoms with E-state index in [1.807, 2.05) is 12.1 Å². The van der Waals surface area contributed by atoms with Crippen LogP contribution >= 0.6 is 11.6 Å². The van der Waals surface area contributed by atoms with Crippen molar-refractivity contribution in [1.29, 1.82) is 0 Å². The van der Waals surface area contributed by atoms with Gasteiger partial charge in [0.1, 0.15) is 5.52 Å². The molecule has 0 saturated carbocycles. The standard InChI is InChI=1S/C18H16ClN5O2/c1-18(2,10-25)23-8-7-14-15(17(23)26)21-22-16-13(9-20-24(14)16)11-3-5-12(19)6-4-11/h3-9,25H,10H2,1-2H3. The monoisotopic (exact) mass is 369 g/mol. The number of nitrogens with zero attached hydrogens (tertiary/aromatic N) is 5. The Bertz CT molecular complexity index is 1180. The number of aliphatic hydroxyl groups is 1. The summed E-state index contributed by atoms with van der Waals surface area (Å²) in [4.78, 5) is 12.8. The predicted octanol–water partition coefficient (Wildman–Crippen LogP) is 2.49. The van der Waals surface area contributed by atoms with Gasteiger partial charge in [0.05, 0.1) is 18.3 Å². The van der Waals surface area contributed by atoms with Gasteiger partial charge in [-0.05, 0) is 37.6 Å². The zero-order valence-corrected chi connectivity index (χ0v) is 15.0. The zero-order chi connectivity index (χ0) is 18.5. The molecular weight excluding hydrogens is 354 g/mol. The highest BCUT2D eigenvalue weighted by atomic mass is 35.5. The highest BCUT2D eigenvalue weighted by Crippen LogP contribution is 2.26. The molecule has 0 aliphatic rings. The van der Waals surface area contributed by atoms with Crippen LogP contribution in [0.2, 0.25) is 5.02 Å². The summed E-state index contributed by atoms with van der Waals surface area (Å²) in [7, 11) is 0. The van der Waals surface area contributed by atoms with Gasteiger partial charge in [-0.15, -0.1) is 10.2 Å². The van der Waals surface area contributed by atoms with Crippen LogP contribution in [0.5, 0.6) is 0 Å². The molecule has 0 unspecified atom stereocenters. The molecule has 0 fully saturated rings. The van der Waals surface area contributed by atoms with E-state index in [0.717, 1.165) is 11.1 Å². The van der Waals surface area contributed by atoms with E-state index in [2.05, 4.69) is 15.3 Å². The molecule has 4 aromatic rings. The molecule has 1 aromatic carbocycles. The van der Waals surface area contributed by atoms with Crippen LogP contribution in [0.15, 0.2) is 47.5 Å². The van der Waals surface area contributed by atoms with Crippen LogP contribution in [-0.4, -0.2) is 36.1 Å². The minimum atomic E-state index is -0.736. The van der Waals surface area contributed by atoms with E-state index in [0.29, 0.717) is 16.2 Å². The summed E-state index contributed by atoms with van der Waals surface area (Å²) in [6, 6.07) is 9.11. The molecule has 0 saturated heterocycles. The first-order valence-electron chi connectivity index (χ1n) is 8.05. The molecule has 0 spiro atoms. The second kappa shape index (κ2) is 5.89. The van der Waals surface area contributed by atoms with Gasteiger partial charge in [0.25, 0.3) is 5.56 Å². The number of rotatable bonds is 3. The molecule has 0 bridgehead atoms. The van der Waals surface area contributed by atoms with Gasteiger partial charge in [0, 0.05) is 16.8 Å². The Morgan fingerprint density at radius 2 is 1.88 bits per heavy atom. The summed E-state index contributed by atoms with van der Waals surface area (Å²) in [6.45, 7) is 3.38. The Labute approximate surface area is 153 Å². The molecule has 0 amide bonds. The highest BCUT2D eigenvalue weighted by molar-refractivity contribution is 6.30. The number of fused-ring (bicyclic) bond motifs is 3. The number of hydrogen-bond acceptors (Lipinski definition) is 5. The molecule has 0 radical (unpaired) electrons. The molecule has 0 aliphatic carbocycles. The Kier molecular flexibility index (Phi) is 3.78. The maximum Gasteiger partial charge on any atom is 0.281 e. The summed E-state index contributed by atoms with van der Waals surface area (Å²) >= 11 is 5.95. The largest absolute Gasteiger partial charge is 0.394 e. The fourth-order valence-corrected chi connectivity index (χ4v) is 3.00. The molecule has 0 aliphatic heterocycles.